The summed E-state index contributed by atoms with van der Waals surface area (Å²) >= 11 is 0. The minimum absolute atomic E-state index is 0.185. The largest absolute Gasteiger partial charge is 0.438 e. The zero-order chi connectivity index (χ0) is 13.1. The van der Waals surface area contributed by atoms with Crippen LogP contribution in [0.25, 0.3) is 0 Å². The highest BCUT2D eigenvalue weighted by molar-refractivity contribution is 5.91. The molecular weight excluding hydrogens is 248 g/mol. The predicted molar refractivity (Wildman–Crippen MR) is 63.1 cm³/mol. The summed E-state index contributed by atoms with van der Waals surface area (Å²) in [6, 6.07) is 0. The van der Waals surface area contributed by atoms with Gasteiger partial charge in [0.15, 0.2) is 6.39 Å². The van der Waals surface area contributed by atoms with Crippen LogP contribution in [0.5, 0.6) is 0 Å². The summed E-state index contributed by atoms with van der Waals surface area (Å²) in [4.78, 5) is 25.8. The molecule has 0 saturated carbocycles. The van der Waals surface area contributed by atoms with E-state index in [4.69, 9.17) is 9.15 Å². The Morgan fingerprint density at radius 2 is 2.26 bits per heavy atom. The van der Waals surface area contributed by atoms with Gasteiger partial charge >= 0.3 is 0 Å². The van der Waals surface area contributed by atoms with Crippen LogP contribution in [0.1, 0.15) is 22.4 Å². The van der Waals surface area contributed by atoms with Crippen molar-refractivity contribution in [1.29, 1.82) is 0 Å². The van der Waals surface area contributed by atoms with E-state index in [1.54, 1.807) is 23.5 Å². The van der Waals surface area contributed by atoms with Gasteiger partial charge in [-0.05, 0) is 0 Å². The zero-order valence-electron chi connectivity index (χ0n) is 10.1. The first-order valence-corrected chi connectivity index (χ1v) is 5.90. The lowest BCUT2D eigenvalue weighted by Gasteiger charge is -2.31. The Morgan fingerprint density at radius 3 is 3.00 bits per heavy atom. The van der Waals surface area contributed by atoms with E-state index >= 15 is 0 Å². The van der Waals surface area contributed by atoms with Crippen molar-refractivity contribution < 1.29 is 13.9 Å². The number of hydrogen-bond acceptors (Lipinski definition) is 6. The average molecular weight is 260 g/mol. The SMILES string of the molecule is O=C(c1cnco1)N1CCO[C@H](c2cnccn2)C1. The van der Waals surface area contributed by atoms with Gasteiger partial charge < -0.3 is 14.1 Å². The molecular formula is C12H12N4O3. The van der Waals surface area contributed by atoms with E-state index in [9.17, 15) is 4.79 Å². The van der Waals surface area contributed by atoms with E-state index in [1.165, 1.54) is 12.6 Å². The summed E-state index contributed by atoms with van der Waals surface area (Å²) in [5, 5.41) is 0. The van der Waals surface area contributed by atoms with Crippen LogP contribution in [0.2, 0.25) is 0 Å². The second kappa shape index (κ2) is 5.15. The number of aromatic nitrogens is 3. The Hall–Kier alpha value is -2.28. The molecule has 1 saturated heterocycles. The molecule has 0 aromatic carbocycles. The number of amides is 1. The van der Waals surface area contributed by atoms with E-state index in [2.05, 4.69) is 15.0 Å². The summed E-state index contributed by atoms with van der Waals surface area (Å²) in [5.74, 6) is 0.0505. The highest BCUT2D eigenvalue weighted by Gasteiger charge is 2.28. The molecule has 0 unspecified atom stereocenters. The van der Waals surface area contributed by atoms with Crippen molar-refractivity contribution in [3.63, 3.8) is 0 Å². The minimum atomic E-state index is -0.255. The van der Waals surface area contributed by atoms with Gasteiger partial charge in [0.1, 0.15) is 6.10 Å². The Bertz CT molecular complexity index is 543. The fourth-order valence-electron chi connectivity index (χ4n) is 1.97. The van der Waals surface area contributed by atoms with Crippen LogP contribution in [0.15, 0.2) is 35.6 Å². The van der Waals surface area contributed by atoms with Crippen molar-refractivity contribution in [3.05, 3.63) is 42.6 Å². The Labute approximate surface area is 109 Å². The molecule has 1 amide bonds. The first-order valence-electron chi connectivity index (χ1n) is 5.90. The summed E-state index contributed by atoms with van der Waals surface area (Å²) in [7, 11) is 0. The number of oxazole rings is 1. The van der Waals surface area contributed by atoms with Crippen molar-refractivity contribution >= 4 is 5.91 Å². The molecule has 7 nitrogen and oxygen atoms in total. The molecule has 1 aliphatic heterocycles. The van der Waals surface area contributed by atoms with E-state index < -0.39 is 0 Å². The van der Waals surface area contributed by atoms with Crippen LogP contribution in [0.3, 0.4) is 0 Å². The molecule has 98 valence electrons. The third-order valence-electron chi connectivity index (χ3n) is 2.91. The van der Waals surface area contributed by atoms with E-state index in [1.807, 2.05) is 0 Å². The molecule has 2 aromatic heterocycles. The maximum atomic E-state index is 12.1. The van der Waals surface area contributed by atoms with Gasteiger partial charge in [0.25, 0.3) is 5.91 Å². The predicted octanol–water partition coefficient (Wildman–Crippen LogP) is 0.678. The van der Waals surface area contributed by atoms with Crippen molar-refractivity contribution in [1.82, 2.24) is 19.9 Å². The monoisotopic (exact) mass is 260 g/mol. The third kappa shape index (κ3) is 2.45. The smallest absolute Gasteiger partial charge is 0.291 e. The number of morpholine rings is 1. The summed E-state index contributed by atoms with van der Waals surface area (Å²) < 4.78 is 10.6. The van der Waals surface area contributed by atoms with Crippen LogP contribution in [0.4, 0.5) is 0 Å². The Kier molecular flexibility index (Phi) is 3.20. The van der Waals surface area contributed by atoms with Crippen LogP contribution >= 0.6 is 0 Å². The topological polar surface area (TPSA) is 81.4 Å². The number of ether oxygens (including phenoxy) is 1. The second-order valence-corrected chi connectivity index (χ2v) is 4.11. The molecule has 7 heteroatoms. The fourth-order valence-corrected chi connectivity index (χ4v) is 1.97. The maximum Gasteiger partial charge on any atom is 0.291 e. The first kappa shape index (κ1) is 11.8. The molecule has 19 heavy (non-hydrogen) atoms. The van der Waals surface area contributed by atoms with E-state index in [-0.39, 0.29) is 17.8 Å². The van der Waals surface area contributed by atoms with Crippen molar-refractivity contribution in [2.75, 3.05) is 19.7 Å². The number of carbonyl (C=O) groups excluding carboxylic acids is 1. The van der Waals surface area contributed by atoms with E-state index in [0.29, 0.717) is 19.7 Å². The third-order valence-corrected chi connectivity index (χ3v) is 2.91. The van der Waals surface area contributed by atoms with Gasteiger partial charge in [0.2, 0.25) is 5.76 Å². The van der Waals surface area contributed by atoms with Crippen LogP contribution in [-0.2, 0) is 4.74 Å². The normalized spacial score (nSPS) is 19.4. The molecule has 0 spiro atoms. The Balaban J connectivity index is 1.73. The highest BCUT2D eigenvalue weighted by Crippen LogP contribution is 2.20. The van der Waals surface area contributed by atoms with Gasteiger partial charge in [-0.2, -0.15) is 0 Å². The maximum absolute atomic E-state index is 12.1. The first-order chi connectivity index (χ1) is 9.34. The number of carbonyl (C=O) groups is 1. The number of hydrogen-bond donors (Lipinski definition) is 0. The quantitative estimate of drug-likeness (QED) is 0.789. The van der Waals surface area contributed by atoms with Gasteiger partial charge in [-0.15, -0.1) is 0 Å². The second-order valence-electron chi connectivity index (χ2n) is 4.11. The molecule has 3 rings (SSSR count). The van der Waals surface area contributed by atoms with Gasteiger partial charge in [0, 0.05) is 18.9 Å². The standard InChI is InChI=1S/C12H12N4O3/c17-12(10-6-14-8-19-10)16-3-4-18-11(7-16)9-5-13-1-2-15-9/h1-2,5-6,8,11H,3-4,7H2/t11-/m0/s1. The highest BCUT2D eigenvalue weighted by atomic mass is 16.5. The van der Waals surface area contributed by atoms with Crippen LogP contribution < -0.4 is 0 Å². The molecule has 0 bridgehead atoms. The lowest BCUT2D eigenvalue weighted by molar-refractivity contribution is -0.0258. The molecule has 3 heterocycles. The molecule has 1 aliphatic rings. The lowest BCUT2D eigenvalue weighted by Crippen LogP contribution is -2.42. The fraction of sp³-hybridized carbons (Fsp3) is 0.333. The van der Waals surface area contributed by atoms with Crippen molar-refractivity contribution in [3.8, 4) is 0 Å². The number of nitrogens with zero attached hydrogens (tertiary/aromatic N) is 4. The number of rotatable bonds is 2. The van der Waals surface area contributed by atoms with E-state index in [0.717, 1.165) is 5.69 Å². The van der Waals surface area contributed by atoms with Crippen molar-refractivity contribution in [2.45, 2.75) is 6.10 Å². The molecule has 1 fully saturated rings. The van der Waals surface area contributed by atoms with Crippen LogP contribution in [-0.4, -0.2) is 45.5 Å². The van der Waals surface area contributed by atoms with Crippen LogP contribution in [0, 0.1) is 0 Å². The molecule has 0 N–H and O–H groups in total. The lowest BCUT2D eigenvalue weighted by atomic mass is 10.2. The minimum Gasteiger partial charge on any atom is -0.438 e. The molecule has 0 aliphatic carbocycles. The summed E-state index contributed by atoms with van der Waals surface area (Å²) in [6.07, 6.45) is 7.25. The van der Waals surface area contributed by atoms with Crippen molar-refractivity contribution in [2.24, 2.45) is 0 Å². The zero-order valence-corrected chi connectivity index (χ0v) is 10.1. The molecule has 1 atom stereocenters. The van der Waals surface area contributed by atoms with Gasteiger partial charge in [-0.25, -0.2) is 4.98 Å². The average Bonchev–Trinajstić information content (AvgIpc) is 3.02. The van der Waals surface area contributed by atoms with Gasteiger partial charge in [-0.3, -0.25) is 14.8 Å². The Morgan fingerprint density at radius 1 is 1.32 bits per heavy atom. The van der Waals surface area contributed by atoms with Gasteiger partial charge in [-0.1, -0.05) is 0 Å². The molecule has 0 radical (unpaired) electrons. The summed E-state index contributed by atoms with van der Waals surface area (Å²) in [6.45, 7) is 1.41. The van der Waals surface area contributed by atoms with Gasteiger partial charge in [0.05, 0.1) is 31.2 Å². The summed E-state index contributed by atoms with van der Waals surface area (Å²) in [5.41, 5.74) is 0.720. The molecule has 2 aromatic rings.